The number of nitrogens with zero attached hydrogens (tertiary/aromatic N) is 1. The lowest BCUT2D eigenvalue weighted by molar-refractivity contribution is -0.133. The fraction of sp³-hybridized carbons (Fsp3) is 0.708. The first-order chi connectivity index (χ1) is 12.9. The summed E-state index contributed by atoms with van der Waals surface area (Å²) in [7, 11) is -1.96. The molecule has 3 nitrogen and oxygen atoms in total. The summed E-state index contributed by atoms with van der Waals surface area (Å²) in [5.41, 5.74) is 1.14. The minimum Gasteiger partial charge on any atom is -0.493 e. The first-order valence-corrected chi connectivity index (χ1v) is 15.6. The van der Waals surface area contributed by atoms with Crippen molar-refractivity contribution in [3.05, 3.63) is 29.8 Å². The highest BCUT2D eigenvalue weighted by atomic mass is 32.4. The van der Waals surface area contributed by atoms with Crippen LogP contribution in [0.3, 0.4) is 0 Å². The molecule has 28 heavy (non-hydrogen) atoms. The van der Waals surface area contributed by atoms with Crippen LogP contribution in [0.2, 0.25) is 0 Å². The molecule has 1 heterocycles. The molecule has 1 saturated heterocycles. The lowest BCUT2D eigenvalue weighted by atomic mass is 9.91. The quantitative estimate of drug-likeness (QED) is 0.548. The van der Waals surface area contributed by atoms with E-state index < -0.39 is 8.29 Å². The van der Waals surface area contributed by atoms with Crippen LogP contribution in [0.5, 0.6) is 5.75 Å². The van der Waals surface area contributed by atoms with Crippen LogP contribution in [-0.4, -0.2) is 67.5 Å². The number of carbonyl (C=O) groups is 1. The van der Waals surface area contributed by atoms with Crippen molar-refractivity contribution in [1.82, 2.24) is 4.90 Å². The Balaban J connectivity index is 2.03. The second-order valence-electron chi connectivity index (χ2n) is 11.7. The molecule has 1 aromatic carbocycles. The fourth-order valence-electron chi connectivity index (χ4n) is 3.55. The third-order valence-corrected chi connectivity index (χ3v) is 7.68. The van der Waals surface area contributed by atoms with Crippen molar-refractivity contribution >= 4 is 14.2 Å². The molecule has 1 fully saturated rings. The third kappa shape index (κ3) is 8.06. The minimum atomic E-state index is -1.96. The van der Waals surface area contributed by atoms with E-state index in [1.165, 1.54) is 6.42 Å². The number of unbranched alkanes of at least 4 members (excludes halogenated alkanes) is 1. The van der Waals surface area contributed by atoms with Crippen molar-refractivity contribution in [1.29, 1.82) is 0 Å². The van der Waals surface area contributed by atoms with Gasteiger partial charge in [0.2, 0.25) is 5.91 Å². The zero-order valence-corrected chi connectivity index (χ0v) is 19.9. The summed E-state index contributed by atoms with van der Waals surface area (Å²) in [5, 5.41) is 0. The third-order valence-electron chi connectivity index (χ3n) is 5.47. The van der Waals surface area contributed by atoms with E-state index in [-0.39, 0.29) is 5.92 Å². The molecular formula is C24H43NO2S. The smallest absolute Gasteiger partial charge is 0.230 e. The van der Waals surface area contributed by atoms with E-state index in [1.807, 2.05) is 12.1 Å². The molecule has 1 unspecified atom stereocenters. The standard InChI is InChI=1S/C24H43NO2S/c1-7-8-12-23(24(26)25-17-10-9-11-18-25)21-13-15-22(16-14-21)27-19-20-28(2,3,4,5)6/h13-16,23H,7-12,17-20H2,1-6H3. The number of hydrogen-bond acceptors (Lipinski definition) is 2. The normalized spacial score (nSPS) is 18.9. The van der Waals surface area contributed by atoms with E-state index in [0.717, 1.165) is 68.9 Å². The number of rotatable bonds is 9. The van der Waals surface area contributed by atoms with Crippen LogP contribution in [0.15, 0.2) is 24.3 Å². The summed E-state index contributed by atoms with van der Waals surface area (Å²) in [6.45, 7) is 4.78. The second kappa shape index (κ2) is 8.30. The van der Waals surface area contributed by atoms with Crippen LogP contribution in [0.1, 0.15) is 56.9 Å². The number of ether oxygens (including phenoxy) is 1. The molecule has 4 heteroatoms. The second-order valence-corrected chi connectivity index (χ2v) is 23.2. The van der Waals surface area contributed by atoms with Crippen LogP contribution >= 0.6 is 8.29 Å². The number of carbonyl (C=O) groups excluding carboxylic acids is 1. The Bertz CT molecular complexity index is 640. The van der Waals surface area contributed by atoms with E-state index in [1.54, 1.807) is 0 Å². The van der Waals surface area contributed by atoms with Gasteiger partial charge in [0, 0.05) is 18.8 Å². The first-order valence-electron chi connectivity index (χ1n) is 10.9. The van der Waals surface area contributed by atoms with Crippen LogP contribution in [0, 0.1) is 0 Å². The molecular weight excluding hydrogens is 366 g/mol. The molecule has 1 aliphatic heterocycles. The van der Waals surface area contributed by atoms with Crippen molar-refractivity contribution in [3.8, 4) is 5.75 Å². The highest BCUT2D eigenvalue weighted by molar-refractivity contribution is 8.62. The Morgan fingerprint density at radius 3 is 2.18 bits per heavy atom. The Kier molecular flexibility index (Phi) is 6.85. The van der Waals surface area contributed by atoms with E-state index in [4.69, 9.17) is 4.74 Å². The summed E-state index contributed by atoms with van der Waals surface area (Å²) in [6.07, 6.45) is 18.6. The van der Waals surface area contributed by atoms with Gasteiger partial charge in [0.15, 0.2) is 0 Å². The molecule has 162 valence electrons. The largest absolute Gasteiger partial charge is 0.493 e. The summed E-state index contributed by atoms with van der Waals surface area (Å²) < 4.78 is 6.04. The first kappa shape index (κ1) is 23.1. The Morgan fingerprint density at radius 2 is 1.64 bits per heavy atom. The number of amides is 1. The molecule has 0 aliphatic carbocycles. The van der Waals surface area contributed by atoms with E-state index in [2.05, 4.69) is 55.2 Å². The maximum absolute atomic E-state index is 13.1. The Hall–Kier alpha value is -1.16. The van der Waals surface area contributed by atoms with Gasteiger partial charge in [-0.3, -0.25) is 13.1 Å². The molecule has 0 aromatic heterocycles. The van der Waals surface area contributed by atoms with Crippen LogP contribution < -0.4 is 4.74 Å². The van der Waals surface area contributed by atoms with Gasteiger partial charge in [-0.1, -0.05) is 31.9 Å². The van der Waals surface area contributed by atoms with Crippen molar-refractivity contribution in [2.24, 2.45) is 0 Å². The van der Waals surface area contributed by atoms with Crippen molar-refractivity contribution in [2.45, 2.75) is 51.4 Å². The highest BCUT2D eigenvalue weighted by Gasteiger charge is 2.36. The van der Waals surface area contributed by atoms with Gasteiger partial charge >= 0.3 is 0 Å². The van der Waals surface area contributed by atoms with Gasteiger partial charge < -0.3 is 9.64 Å². The van der Waals surface area contributed by atoms with E-state index >= 15 is 0 Å². The molecule has 0 saturated carbocycles. The predicted molar refractivity (Wildman–Crippen MR) is 127 cm³/mol. The molecule has 1 aromatic rings. The number of likely N-dealkylation sites (tertiary alicyclic amines) is 1. The van der Waals surface area contributed by atoms with Gasteiger partial charge in [-0.05, 0) is 74.7 Å². The molecule has 1 atom stereocenters. The summed E-state index contributed by atoms with van der Waals surface area (Å²) in [5.74, 6) is 2.30. The van der Waals surface area contributed by atoms with Crippen LogP contribution in [0.25, 0.3) is 0 Å². The SMILES string of the molecule is CCCCC(C(=O)N1CCCCC1)c1ccc(OCCS(C)(C)(C)(C)C)cc1. The van der Waals surface area contributed by atoms with Crippen molar-refractivity contribution in [3.63, 3.8) is 0 Å². The highest BCUT2D eigenvalue weighted by Crippen LogP contribution is 2.74. The monoisotopic (exact) mass is 409 g/mol. The maximum Gasteiger partial charge on any atom is 0.230 e. The van der Waals surface area contributed by atoms with E-state index in [0.29, 0.717) is 5.91 Å². The van der Waals surface area contributed by atoms with Crippen LogP contribution in [-0.2, 0) is 4.79 Å². The Morgan fingerprint density at radius 1 is 1.04 bits per heavy atom. The number of hydrogen-bond donors (Lipinski definition) is 0. The average Bonchev–Trinajstić information content (AvgIpc) is 2.61. The molecule has 0 N–H and O–H groups in total. The lowest BCUT2D eigenvalue weighted by Gasteiger charge is -2.65. The van der Waals surface area contributed by atoms with Gasteiger partial charge in [-0.2, -0.15) is 0 Å². The minimum absolute atomic E-state index is 0.00852. The molecule has 1 aliphatic rings. The van der Waals surface area contributed by atoms with Crippen molar-refractivity contribution < 1.29 is 9.53 Å². The summed E-state index contributed by atoms with van der Waals surface area (Å²) >= 11 is 0. The van der Waals surface area contributed by atoms with E-state index in [9.17, 15) is 4.79 Å². The average molecular weight is 410 g/mol. The molecule has 0 bridgehead atoms. The van der Waals surface area contributed by atoms with Gasteiger partial charge in [-0.25, -0.2) is 0 Å². The zero-order valence-electron chi connectivity index (χ0n) is 19.1. The predicted octanol–water partition coefficient (Wildman–Crippen LogP) is 5.38. The molecule has 1 amide bonds. The Labute approximate surface area is 172 Å². The fourth-order valence-corrected chi connectivity index (χ4v) is 4.46. The van der Waals surface area contributed by atoms with Gasteiger partial charge in [0.05, 0.1) is 12.5 Å². The molecule has 0 spiro atoms. The van der Waals surface area contributed by atoms with Crippen molar-refractivity contribution in [2.75, 3.05) is 56.7 Å². The molecule has 2 rings (SSSR count). The number of benzene rings is 1. The summed E-state index contributed by atoms with van der Waals surface area (Å²) in [4.78, 5) is 15.2. The van der Waals surface area contributed by atoms with Crippen LogP contribution in [0.4, 0.5) is 0 Å². The van der Waals surface area contributed by atoms with Gasteiger partial charge in [-0.15, -0.1) is 0 Å². The molecule has 0 radical (unpaired) electrons. The van der Waals surface area contributed by atoms with Gasteiger partial charge in [0.1, 0.15) is 5.75 Å². The van der Waals surface area contributed by atoms with Gasteiger partial charge in [0.25, 0.3) is 0 Å². The lowest BCUT2D eigenvalue weighted by Crippen LogP contribution is -2.38. The maximum atomic E-state index is 13.1. The summed E-state index contributed by atoms with van der Waals surface area (Å²) in [6, 6.07) is 8.30. The topological polar surface area (TPSA) is 29.5 Å². The zero-order chi connectivity index (χ0) is 20.9. The number of piperidine rings is 1.